The molecule has 0 unspecified atom stereocenters. The van der Waals surface area contributed by atoms with Crippen molar-refractivity contribution in [3.8, 4) is 28.2 Å². The lowest BCUT2D eigenvalue weighted by molar-refractivity contribution is -0.139. The SMILES string of the molecule is CN(C)c1ccc2c(-c3ccc(OCC(=O)O)cc3)c3ccc(=[N+](C)C)cc-3oc2c1. The molecule has 0 spiro atoms. The van der Waals surface area contributed by atoms with Crippen LogP contribution in [-0.2, 0) is 4.79 Å². The van der Waals surface area contributed by atoms with Crippen molar-refractivity contribution in [2.45, 2.75) is 0 Å². The van der Waals surface area contributed by atoms with Gasteiger partial charge < -0.3 is 19.2 Å². The van der Waals surface area contributed by atoms with Gasteiger partial charge in [0, 0.05) is 48.4 Å². The number of rotatable bonds is 5. The zero-order chi connectivity index (χ0) is 22.1. The average molecular weight is 417 g/mol. The molecule has 0 bridgehead atoms. The summed E-state index contributed by atoms with van der Waals surface area (Å²) in [6, 6.07) is 19.9. The fraction of sp³-hybridized carbons (Fsp3) is 0.200. The smallest absolute Gasteiger partial charge is 0.341 e. The predicted molar refractivity (Wildman–Crippen MR) is 123 cm³/mol. The molecule has 2 aromatic rings. The van der Waals surface area contributed by atoms with Crippen LogP contribution in [0.4, 0.5) is 5.69 Å². The molecule has 2 aromatic carbocycles. The molecule has 4 rings (SSSR count). The lowest BCUT2D eigenvalue weighted by Gasteiger charge is -2.18. The Morgan fingerprint density at radius 2 is 1.77 bits per heavy atom. The van der Waals surface area contributed by atoms with Crippen LogP contribution in [0.2, 0.25) is 0 Å². The number of aliphatic carboxylic acids is 1. The van der Waals surface area contributed by atoms with E-state index in [1.54, 1.807) is 12.1 Å². The van der Waals surface area contributed by atoms with Gasteiger partial charge in [-0.3, -0.25) is 0 Å². The number of benzene rings is 3. The number of carboxylic acid groups (broad SMARTS) is 1. The molecule has 0 amide bonds. The molecule has 31 heavy (non-hydrogen) atoms. The van der Waals surface area contributed by atoms with Crippen LogP contribution in [0, 0.1) is 0 Å². The Labute approximate surface area is 180 Å². The van der Waals surface area contributed by atoms with Crippen molar-refractivity contribution in [3.05, 3.63) is 66.0 Å². The second-order valence-electron chi connectivity index (χ2n) is 7.83. The topological polar surface area (TPSA) is 65.9 Å². The largest absolute Gasteiger partial charge is 0.482 e. The number of hydrogen-bond donors (Lipinski definition) is 1. The first kappa shape index (κ1) is 20.5. The number of hydrogen-bond acceptors (Lipinski definition) is 4. The molecule has 6 nitrogen and oxygen atoms in total. The van der Waals surface area contributed by atoms with Gasteiger partial charge in [0.2, 0.25) is 5.36 Å². The molecule has 6 heteroatoms. The summed E-state index contributed by atoms with van der Waals surface area (Å²) in [7, 11) is 8.01. The van der Waals surface area contributed by atoms with Crippen LogP contribution in [0.25, 0.3) is 33.4 Å². The van der Waals surface area contributed by atoms with Gasteiger partial charge in [-0.1, -0.05) is 12.1 Å². The van der Waals surface area contributed by atoms with Crippen LogP contribution >= 0.6 is 0 Å². The van der Waals surface area contributed by atoms with Crippen molar-refractivity contribution < 1.29 is 19.1 Å². The highest BCUT2D eigenvalue weighted by molar-refractivity contribution is 6.02. The summed E-state index contributed by atoms with van der Waals surface area (Å²) >= 11 is 0. The number of anilines is 1. The number of ether oxygens (including phenoxy) is 1. The van der Waals surface area contributed by atoms with Crippen LogP contribution in [0.1, 0.15) is 0 Å². The van der Waals surface area contributed by atoms with Gasteiger partial charge in [0.25, 0.3) is 0 Å². The maximum Gasteiger partial charge on any atom is 0.341 e. The lowest BCUT2D eigenvalue weighted by atomic mass is 9.93. The third-order valence-corrected chi connectivity index (χ3v) is 5.23. The Kier molecular flexibility index (Phi) is 5.38. The molecular formula is C25H25N2O4+. The average Bonchev–Trinajstić information content (AvgIpc) is 2.75. The molecule has 0 saturated heterocycles. The highest BCUT2D eigenvalue weighted by Gasteiger charge is 2.18. The van der Waals surface area contributed by atoms with Gasteiger partial charge >= 0.3 is 5.97 Å². The Balaban J connectivity index is 1.95. The Bertz CT molecular complexity index is 1300. The van der Waals surface area contributed by atoms with E-state index >= 15 is 0 Å². The molecule has 1 heterocycles. The monoisotopic (exact) mass is 417 g/mol. The van der Waals surface area contributed by atoms with Crippen molar-refractivity contribution in [1.29, 1.82) is 0 Å². The first-order valence-corrected chi connectivity index (χ1v) is 9.97. The van der Waals surface area contributed by atoms with Gasteiger partial charge in [-0.2, -0.15) is 0 Å². The lowest BCUT2D eigenvalue weighted by Crippen LogP contribution is -2.21. The highest BCUT2D eigenvalue weighted by atomic mass is 16.5. The van der Waals surface area contributed by atoms with Crippen LogP contribution in [0.3, 0.4) is 0 Å². The molecule has 0 aromatic heterocycles. The van der Waals surface area contributed by atoms with Crippen LogP contribution in [0.15, 0.2) is 65.1 Å². The number of carbonyl (C=O) groups is 1. The Hall–Kier alpha value is -3.80. The van der Waals surface area contributed by atoms with Gasteiger partial charge in [-0.25, -0.2) is 9.37 Å². The zero-order valence-corrected chi connectivity index (χ0v) is 18.0. The summed E-state index contributed by atoms with van der Waals surface area (Å²) in [5.41, 5.74) is 4.94. The van der Waals surface area contributed by atoms with E-state index in [0.717, 1.165) is 44.5 Å². The summed E-state index contributed by atoms with van der Waals surface area (Å²) in [6.07, 6.45) is 0. The molecule has 1 aliphatic carbocycles. The minimum absolute atomic E-state index is 0.365. The fourth-order valence-corrected chi connectivity index (χ4v) is 3.60. The van der Waals surface area contributed by atoms with Gasteiger partial charge in [0.05, 0.1) is 6.07 Å². The Morgan fingerprint density at radius 1 is 1.03 bits per heavy atom. The Morgan fingerprint density at radius 3 is 2.42 bits per heavy atom. The minimum atomic E-state index is -1.00. The molecule has 158 valence electrons. The molecule has 0 fully saturated rings. The van der Waals surface area contributed by atoms with Crippen molar-refractivity contribution in [3.63, 3.8) is 0 Å². The second-order valence-corrected chi connectivity index (χ2v) is 7.83. The normalized spacial score (nSPS) is 11.0. The third kappa shape index (κ3) is 4.10. The first-order chi connectivity index (χ1) is 14.8. The molecule has 0 saturated carbocycles. The summed E-state index contributed by atoms with van der Waals surface area (Å²) in [6.45, 7) is -0.365. The molecular weight excluding hydrogens is 392 g/mol. The van der Waals surface area contributed by atoms with Gasteiger partial charge in [-0.15, -0.1) is 0 Å². The quantitative estimate of drug-likeness (QED) is 0.396. The molecule has 0 atom stereocenters. The van der Waals surface area contributed by atoms with E-state index in [1.165, 1.54) is 0 Å². The highest BCUT2D eigenvalue weighted by Crippen LogP contribution is 2.41. The van der Waals surface area contributed by atoms with E-state index in [1.807, 2.05) is 61.9 Å². The van der Waals surface area contributed by atoms with E-state index in [9.17, 15) is 4.79 Å². The van der Waals surface area contributed by atoms with E-state index in [-0.39, 0.29) is 6.61 Å². The third-order valence-electron chi connectivity index (χ3n) is 5.23. The summed E-state index contributed by atoms with van der Waals surface area (Å²) < 4.78 is 13.7. The molecule has 0 radical (unpaired) electrons. The van der Waals surface area contributed by atoms with Crippen LogP contribution in [0.5, 0.6) is 5.75 Å². The summed E-state index contributed by atoms with van der Waals surface area (Å²) in [4.78, 5) is 12.8. The molecule has 1 N–H and O–H groups in total. The van der Waals surface area contributed by atoms with Gasteiger partial charge in [-0.05, 0) is 35.9 Å². The number of fused-ring (bicyclic) bond motifs is 2. The van der Waals surface area contributed by atoms with E-state index < -0.39 is 5.97 Å². The minimum Gasteiger partial charge on any atom is -0.482 e. The van der Waals surface area contributed by atoms with E-state index in [4.69, 9.17) is 14.3 Å². The second kappa shape index (κ2) is 8.14. The first-order valence-electron chi connectivity index (χ1n) is 9.97. The summed E-state index contributed by atoms with van der Waals surface area (Å²) in [5, 5.41) is 10.9. The standard InChI is InChI=1S/C25H24N2O4/c1-26(2)17-7-11-20-22(13-17)31-23-14-18(27(3)4)8-12-21(23)25(20)16-5-9-19(10-6-16)30-15-24(28)29/h5-14H,15H2,1-4H3/p+1. The van der Waals surface area contributed by atoms with Crippen LogP contribution < -0.4 is 19.6 Å². The number of carboxylic acids is 1. The van der Waals surface area contributed by atoms with Crippen molar-refractivity contribution in [2.75, 3.05) is 39.7 Å². The van der Waals surface area contributed by atoms with Gasteiger partial charge in [0.1, 0.15) is 31.2 Å². The molecule has 2 aliphatic rings. The van der Waals surface area contributed by atoms with Crippen LogP contribution in [-0.4, -0.2) is 45.9 Å². The molecule has 1 aliphatic heterocycles. The van der Waals surface area contributed by atoms with Crippen molar-refractivity contribution in [2.24, 2.45) is 0 Å². The summed E-state index contributed by atoms with van der Waals surface area (Å²) in [5.74, 6) is 0.320. The van der Waals surface area contributed by atoms with E-state index in [0.29, 0.717) is 5.75 Å². The van der Waals surface area contributed by atoms with Crippen molar-refractivity contribution in [1.82, 2.24) is 4.58 Å². The maximum atomic E-state index is 10.8. The fourth-order valence-electron chi connectivity index (χ4n) is 3.60. The van der Waals surface area contributed by atoms with Gasteiger partial charge in [0.15, 0.2) is 6.61 Å². The van der Waals surface area contributed by atoms with Crippen molar-refractivity contribution >= 4 is 22.6 Å². The maximum absolute atomic E-state index is 10.8. The van der Waals surface area contributed by atoms with E-state index in [2.05, 4.69) is 24.3 Å². The predicted octanol–water partition coefficient (Wildman–Crippen LogP) is 3.77. The number of nitrogens with zero attached hydrogens (tertiary/aromatic N) is 2. The zero-order valence-electron chi connectivity index (χ0n) is 18.0.